The normalized spacial score (nSPS) is 11.7. The smallest absolute Gasteiger partial charge is 0.246 e. The second-order valence-corrected chi connectivity index (χ2v) is 6.59. The van der Waals surface area contributed by atoms with Crippen LogP contribution in [0.15, 0.2) is 59.9 Å². The molecule has 26 heavy (non-hydrogen) atoms. The van der Waals surface area contributed by atoms with E-state index in [1.54, 1.807) is 24.5 Å². The van der Waals surface area contributed by atoms with E-state index in [9.17, 15) is 4.79 Å². The lowest BCUT2D eigenvalue weighted by molar-refractivity contribution is -0.114. The highest BCUT2D eigenvalue weighted by molar-refractivity contribution is 5.93. The van der Waals surface area contributed by atoms with E-state index in [-0.39, 0.29) is 17.9 Å². The largest absolute Gasteiger partial charge is 0.357 e. The molecule has 0 bridgehead atoms. The lowest BCUT2D eigenvalue weighted by Crippen LogP contribution is -2.43. The first-order valence-electron chi connectivity index (χ1n) is 8.79. The van der Waals surface area contributed by atoms with Gasteiger partial charge in [0.2, 0.25) is 5.91 Å². The highest BCUT2D eigenvalue weighted by atomic mass is 16.1. The van der Waals surface area contributed by atoms with Crippen molar-refractivity contribution >= 4 is 17.6 Å². The van der Waals surface area contributed by atoms with Crippen molar-refractivity contribution in [1.29, 1.82) is 0 Å². The fourth-order valence-corrected chi connectivity index (χ4v) is 2.43. The molecule has 1 amide bonds. The van der Waals surface area contributed by atoms with Crippen LogP contribution in [0.5, 0.6) is 0 Å². The first-order chi connectivity index (χ1) is 12.5. The van der Waals surface area contributed by atoms with Crippen molar-refractivity contribution in [2.45, 2.75) is 26.2 Å². The molecule has 0 spiro atoms. The number of benzene rings is 1. The van der Waals surface area contributed by atoms with Gasteiger partial charge in [0.25, 0.3) is 0 Å². The molecule has 3 N–H and O–H groups in total. The van der Waals surface area contributed by atoms with E-state index in [1.165, 1.54) is 5.56 Å². The van der Waals surface area contributed by atoms with E-state index in [1.807, 2.05) is 25.1 Å². The summed E-state index contributed by atoms with van der Waals surface area (Å²) in [7, 11) is 0. The van der Waals surface area contributed by atoms with Crippen LogP contribution in [0.2, 0.25) is 0 Å². The number of amides is 1. The Labute approximate surface area is 155 Å². The molecular formula is C20H27N5O. The molecule has 6 heteroatoms. The molecule has 2 rings (SSSR count). The van der Waals surface area contributed by atoms with E-state index in [2.05, 4.69) is 51.9 Å². The molecule has 0 radical (unpaired) electrons. The predicted molar refractivity (Wildman–Crippen MR) is 106 cm³/mol. The van der Waals surface area contributed by atoms with Crippen LogP contribution in [0, 0.1) is 0 Å². The number of hydrogen-bond acceptors (Lipinski definition) is 3. The third-order valence-corrected chi connectivity index (χ3v) is 3.92. The van der Waals surface area contributed by atoms with Gasteiger partial charge in [-0.2, -0.15) is 0 Å². The standard InChI is InChI=1S/C20H27N5O/c1-4-22-19(23-14-18(26)25-17-11-8-12-21-13-17)24-15-20(2,3)16-9-6-5-7-10-16/h5-13H,4,14-15H2,1-3H3,(H,25,26)(H2,22,23,24). The molecule has 0 aliphatic rings. The third kappa shape index (κ3) is 6.20. The number of pyridine rings is 1. The summed E-state index contributed by atoms with van der Waals surface area (Å²) in [5.74, 6) is 0.440. The van der Waals surface area contributed by atoms with Gasteiger partial charge < -0.3 is 16.0 Å². The maximum absolute atomic E-state index is 12.0. The van der Waals surface area contributed by atoms with Crippen LogP contribution in [0.3, 0.4) is 0 Å². The van der Waals surface area contributed by atoms with Gasteiger partial charge in [0.1, 0.15) is 6.54 Å². The number of guanidine groups is 1. The topological polar surface area (TPSA) is 78.4 Å². The van der Waals surface area contributed by atoms with E-state index in [4.69, 9.17) is 0 Å². The number of carbonyl (C=O) groups excluding carboxylic acids is 1. The Morgan fingerprint density at radius 3 is 2.54 bits per heavy atom. The summed E-state index contributed by atoms with van der Waals surface area (Å²) >= 11 is 0. The second-order valence-electron chi connectivity index (χ2n) is 6.59. The van der Waals surface area contributed by atoms with Gasteiger partial charge in [-0.3, -0.25) is 9.78 Å². The highest BCUT2D eigenvalue weighted by Crippen LogP contribution is 2.21. The Bertz CT molecular complexity index is 713. The van der Waals surface area contributed by atoms with Crippen molar-refractivity contribution in [3.05, 3.63) is 60.4 Å². The molecular weight excluding hydrogens is 326 g/mol. The van der Waals surface area contributed by atoms with Crippen LogP contribution in [0.4, 0.5) is 5.69 Å². The Morgan fingerprint density at radius 1 is 1.12 bits per heavy atom. The maximum Gasteiger partial charge on any atom is 0.246 e. The molecule has 0 saturated carbocycles. The van der Waals surface area contributed by atoms with Crippen molar-refractivity contribution in [3.63, 3.8) is 0 Å². The molecule has 138 valence electrons. The van der Waals surface area contributed by atoms with Crippen molar-refractivity contribution in [2.75, 3.05) is 25.0 Å². The zero-order chi connectivity index (χ0) is 18.8. The molecule has 0 aliphatic heterocycles. The first kappa shape index (κ1) is 19.4. The van der Waals surface area contributed by atoms with E-state index >= 15 is 0 Å². The maximum atomic E-state index is 12.0. The van der Waals surface area contributed by atoms with Crippen LogP contribution in [0.1, 0.15) is 26.3 Å². The fraction of sp³-hybridized carbons (Fsp3) is 0.350. The number of aliphatic imine (C=N–C) groups is 1. The Kier molecular flexibility index (Phi) is 7.14. The molecule has 1 aromatic carbocycles. The van der Waals surface area contributed by atoms with Gasteiger partial charge in [0.15, 0.2) is 5.96 Å². The quantitative estimate of drug-likeness (QED) is 0.528. The zero-order valence-corrected chi connectivity index (χ0v) is 15.6. The van der Waals surface area contributed by atoms with Crippen LogP contribution >= 0.6 is 0 Å². The number of rotatable bonds is 7. The third-order valence-electron chi connectivity index (χ3n) is 3.92. The Morgan fingerprint density at radius 2 is 1.88 bits per heavy atom. The zero-order valence-electron chi connectivity index (χ0n) is 15.6. The van der Waals surface area contributed by atoms with Gasteiger partial charge in [-0.15, -0.1) is 0 Å². The van der Waals surface area contributed by atoms with Crippen LogP contribution in [0.25, 0.3) is 0 Å². The molecule has 6 nitrogen and oxygen atoms in total. The molecule has 0 saturated heterocycles. The summed E-state index contributed by atoms with van der Waals surface area (Å²) in [6.07, 6.45) is 3.27. The number of carbonyl (C=O) groups is 1. The molecule has 0 aliphatic carbocycles. The highest BCUT2D eigenvalue weighted by Gasteiger charge is 2.20. The lowest BCUT2D eigenvalue weighted by Gasteiger charge is -2.26. The summed E-state index contributed by atoms with van der Waals surface area (Å²) in [6.45, 7) is 7.81. The predicted octanol–water partition coefficient (Wildman–Crippen LogP) is 2.55. The van der Waals surface area contributed by atoms with E-state index < -0.39 is 0 Å². The summed E-state index contributed by atoms with van der Waals surface area (Å²) in [5, 5.41) is 9.27. The second kappa shape index (κ2) is 9.56. The van der Waals surface area contributed by atoms with Gasteiger partial charge in [-0.1, -0.05) is 44.2 Å². The average Bonchev–Trinajstić information content (AvgIpc) is 2.65. The van der Waals surface area contributed by atoms with Crippen molar-refractivity contribution in [1.82, 2.24) is 15.6 Å². The van der Waals surface area contributed by atoms with Gasteiger partial charge in [-0.05, 0) is 24.6 Å². The van der Waals surface area contributed by atoms with Gasteiger partial charge in [0, 0.05) is 24.7 Å². The van der Waals surface area contributed by atoms with Crippen molar-refractivity contribution < 1.29 is 4.79 Å². The molecule has 1 aromatic heterocycles. The van der Waals surface area contributed by atoms with Gasteiger partial charge in [-0.25, -0.2) is 4.99 Å². The monoisotopic (exact) mass is 353 g/mol. The molecule has 2 aromatic rings. The minimum atomic E-state index is -0.183. The summed E-state index contributed by atoms with van der Waals surface area (Å²) in [6, 6.07) is 13.9. The molecule has 1 heterocycles. The van der Waals surface area contributed by atoms with Crippen LogP contribution in [-0.2, 0) is 10.2 Å². The lowest BCUT2D eigenvalue weighted by atomic mass is 9.85. The Balaban J connectivity index is 1.92. The van der Waals surface area contributed by atoms with Crippen LogP contribution < -0.4 is 16.0 Å². The SMILES string of the molecule is CCNC(=NCC(=O)Nc1cccnc1)NCC(C)(C)c1ccccc1. The Hall–Kier alpha value is -2.89. The number of hydrogen-bond donors (Lipinski definition) is 3. The minimum absolute atomic E-state index is 0.0377. The number of aromatic nitrogens is 1. The number of nitrogens with one attached hydrogen (secondary N) is 3. The average molecular weight is 353 g/mol. The fourth-order valence-electron chi connectivity index (χ4n) is 2.43. The molecule has 0 atom stereocenters. The summed E-state index contributed by atoms with van der Waals surface area (Å²) in [5.41, 5.74) is 1.85. The number of anilines is 1. The first-order valence-corrected chi connectivity index (χ1v) is 8.79. The minimum Gasteiger partial charge on any atom is -0.357 e. The molecule has 0 unspecified atom stereocenters. The van der Waals surface area contributed by atoms with E-state index in [0.717, 1.165) is 6.54 Å². The molecule has 0 fully saturated rings. The summed E-state index contributed by atoms with van der Waals surface area (Å²) in [4.78, 5) is 20.4. The van der Waals surface area contributed by atoms with Crippen molar-refractivity contribution in [3.8, 4) is 0 Å². The van der Waals surface area contributed by atoms with Crippen LogP contribution in [-0.4, -0.2) is 36.5 Å². The van der Waals surface area contributed by atoms with E-state index in [0.29, 0.717) is 18.2 Å². The van der Waals surface area contributed by atoms with Crippen molar-refractivity contribution in [2.24, 2.45) is 4.99 Å². The van der Waals surface area contributed by atoms with Gasteiger partial charge >= 0.3 is 0 Å². The van der Waals surface area contributed by atoms with Gasteiger partial charge in [0.05, 0.1) is 11.9 Å². The summed E-state index contributed by atoms with van der Waals surface area (Å²) < 4.78 is 0. The number of nitrogens with zero attached hydrogens (tertiary/aromatic N) is 2.